The number of rotatable bonds is 3. The van der Waals surface area contributed by atoms with Crippen molar-refractivity contribution >= 4 is 6.09 Å². The highest BCUT2D eigenvalue weighted by molar-refractivity contribution is 5.65. The molecule has 1 saturated heterocycles. The molecule has 1 aliphatic carbocycles. The maximum Gasteiger partial charge on any atom is 0.408 e. The van der Waals surface area contributed by atoms with Gasteiger partial charge in [0.15, 0.2) is 0 Å². The van der Waals surface area contributed by atoms with Crippen molar-refractivity contribution in [1.29, 1.82) is 0 Å². The molecule has 1 heterocycles. The predicted octanol–water partition coefficient (Wildman–Crippen LogP) is 1.20. The summed E-state index contributed by atoms with van der Waals surface area (Å²) < 4.78 is 5.26. The highest BCUT2D eigenvalue weighted by Crippen LogP contribution is 2.23. The van der Waals surface area contributed by atoms with Crippen LogP contribution in [-0.4, -0.2) is 60.0 Å². The summed E-state index contributed by atoms with van der Waals surface area (Å²) in [5, 5.41) is 9.23. The molecular formula is C11H20N2O3. The van der Waals surface area contributed by atoms with E-state index in [4.69, 9.17) is 4.74 Å². The van der Waals surface area contributed by atoms with Gasteiger partial charge in [-0.05, 0) is 12.8 Å². The topological polar surface area (TPSA) is 53.0 Å². The highest BCUT2D eigenvalue weighted by atomic mass is 16.5. The van der Waals surface area contributed by atoms with Gasteiger partial charge in [0.1, 0.15) is 0 Å². The second kappa shape index (κ2) is 5.50. The molecule has 2 aliphatic rings. The molecule has 1 amide bonds. The van der Waals surface area contributed by atoms with Crippen LogP contribution in [0.5, 0.6) is 0 Å². The first-order chi connectivity index (χ1) is 7.77. The smallest absolute Gasteiger partial charge is 0.408 e. The number of carbonyl (C=O) groups is 1. The molecular weight excluding hydrogens is 208 g/mol. The second-order valence-corrected chi connectivity index (χ2v) is 4.56. The van der Waals surface area contributed by atoms with Gasteiger partial charge in [0.05, 0.1) is 19.9 Å². The van der Waals surface area contributed by atoms with E-state index in [-0.39, 0.29) is 6.04 Å². The molecule has 0 spiro atoms. The van der Waals surface area contributed by atoms with E-state index >= 15 is 0 Å². The molecule has 1 N–H and O–H groups in total. The Balaban J connectivity index is 1.88. The third-order valence-corrected chi connectivity index (χ3v) is 3.47. The lowest BCUT2D eigenvalue weighted by Gasteiger charge is -2.34. The van der Waals surface area contributed by atoms with Gasteiger partial charge in [-0.2, -0.15) is 0 Å². The fraction of sp³-hybridized carbons (Fsp3) is 0.909. The molecule has 5 heteroatoms. The number of amides is 1. The van der Waals surface area contributed by atoms with Crippen LogP contribution in [0.4, 0.5) is 4.79 Å². The predicted molar refractivity (Wildman–Crippen MR) is 59.4 cm³/mol. The maximum absolute atomic E-state index is 11.2. The van der Waals surface area contributed by atoms with E-state index in [2.05, 4.69) is 4.90 Å². The van der Waals surface area contributed by atoms with Crippen molar-refractivity contribution in [3.05, 3.63) is 0 Å². The van der Waals surface area contributed by atoms with Gasteiger partial charge in [0, 0.05) is 19.1 Å². The van der Waals surface area contributed by atoms with Crippen LogP contribution in [0.3, 0.4) is 0 Å². The van der Waals surface area contributed by atoms with Gasteiger partial charge in [-0.25, -0.2) is 4.79 Å². The Morgan fingerprint density at radius 3 is 2.50 bits per heavy atom. The van der Waals surface area contributed by atoms with Gasteiger partial charge >= 0.3 is 6.09 Å². The number of carboxylic acid groups (broad SMARTS) is 1. The van der Waals surface area contributed by atoms with Crippen LogP contribution in [-0.2, 0) is 4.74 Å². The monoisotopic (exact) mass is 228 g/mol. The van der Waals surface area contributed by atoms with Crippen molar-refractivity contribution in [3.8, 4) is 0 Å². The van der Waals surface area contributed by atoms with Gasteiger partial charge in [-0.1, -0.05) is 12.8 Å². The minimum absolute atomic E-state index is 0.236. The third kappa shape index (κ3) is 2.86. The molecule has 1 saturated carbocycles. The van der Waals surface area contributed by atoms with Gasteiger partial charge in [0.25, 0.3) is 0 Å². The first kappa shape index (κ1) is 11.7. The molecule has 0 aromatic heterocycles. The Labute approximate surface area is 96.0 Å². The summed E-state index contributed by atoms with van der Waals surface area (Å²) in [7, 11) is 0. The molecule has 1 aliphatic heterocycles. The molecule has 0 aromatic rings. The summed E-state index contributed by atoms with van der Waals surface area (Å²) in [5.74, 6) is 0. The molecule has 2 fully saturated rings. The number of hydrogen-bond donors (Lipinski definition) is 1. The van der Waals surface area contributed by atoms with E-state index in [0.717, 1.165) is 52.0 Å². The van der Waals surface area contributed by atoms with Crippen LogP contribution in [0.1, 0.15) is 25.7 Å². The Morgan fingerprint density at radius 1 is 1.31 bits per heavy atom. The Kier molecular flexibility index (Phi) is 4.01. The zero-order chi connectivity index (χ0) is 11.4. The lowest BCUT2D eigenvalue weighted by atomic mass is 10.2. The summed E-state index contributed by atoms with van der Waals surface area (Å²) >= 11 is 0. The Bertz CT molecular complexity index is 235. The van der Waals surface area contributed by atoms with E-state index in [1.807, 2.05) is 0 Å². The van der Waals surface area contributed by atoms with Crippen LogP contribution < -0.4 is 0 Å². The van der Waals surface area contributed by atoms with Crippen LogP contribution in [0.2, 0.25) is 0 Å². The fourth-order valence-corrected chi connectivity index (χ4v) is 2.51. The van der Waals surface area contributed by atoms with Crippen LogP contribution in [0.15, 0.2) is 0 Å². The quantitative estimate of drug-likeness (QED) is 0.788. The van der Waals surface area contributed by atoms with E-state index in [0.29, 0.717) is 6.67 Å². The number of ether oxygens (including phenoxy) is 1. The van der Waals surface area contributed by atoms with Gasteiger partial charge in [0.2, 0.25) is 0 Å². The second-order valence-electron chi connectivity index (χ2n) is 4.56. The van der Waals surface area contributed by atoms with Gasteiger partial charge in [-0.3, -0.25) is 9.80 Å². The molecule has 5 nitrogen and oxygen atoms in total. The summed E-state index contributed by atoms with van der Waals surface area (Å²) in [4.78, 5) is 15.0. The van der Waals surface area contributed by atoms with Crippen molar-refractivity contribution in [2.24, 2.45) is 0 Å². The fourth-order valence-electron chi connectivity index (χ4n) is 2.51. The minimum atomic E-state index is -0.779. The van der Waals surface area contributed by atoms with Crippen molar-refractivity contribution in [2.75, 3.05) is 33.0 Å². The Hall–Kier alpha value is -0.810. The SMILES string of the molecule is O=C(O)N(CN1CCOCC1)C1CCCC1. The highest BCUT2D eigenvalue weighted by Gasteiger charge is 2.28. The van der Waals surface area contributed by atoms with E-state index in [1.165, 1.54) is 0 Å². The number of hydrogen-bond acceptors (Lipinski definition) is 3. The minimum Gasteiger partial charge on any atom is -0.465 e. The largest absolute Gasteiger partial charge is 0.465 e. The molecule has 0 radical (unpaired) electrons. The van der Waals surface area contributed by atoms with Crippen LogP contribution in [0.25, 0.3) is 0 Å². The summed E-state index contributed by atoms with van der Waals surface area (Å²) in [6.45, 7) is 3.67. The first-order valence-electron chi connectivity index (χ1n) is 6.07. The van der Waals surface area contributed by atoms with E-state index in [1.54, 1.807) is 4.90 Å². The first-order valence-corrected chi connectivity index (χ1v) is 6.07. The van der Waals surface area contributed by atoms with Gasteiger partial charge < -0.3 is 9.84 Å². The Morgan fingerprint density at radius 2 is 1.94 bits per heavy atom. The van der Waals surface area contributed by atoms with Crippen molar-refractivity contribution < 1.29 is 14.6 Å². The molecule has 0 bridgehead atoms. The zero-order valence-electron chi connectivity index (χ0n) is 9.60. The van der Waals surface area contributed by atoms with Crippen molar-refractivity contribution in [3.63, 3.8) is 0 Å². The summed E-state index contributed by atoms with van der Waals surface area (Å²) in [6, 6.07) is 0.236. The molecule has 0 atom stereocenters. The molecule has 92 valence electrons. The summed E-state index contributed by atoms with van der Waals surface area (Å²) in [5.41, 5.74) is 0. The van der Waals surface area contributed by atoms with Gasteiger partial charge in [-0.15, -0.1) is 0 Å². The molecule has 2 rings (SSSR count). The number of nitrogens with zero attached hydrogens (tertiary/aromatic N) is 2. The zero-order valence-corrected chi connectivity index (χ0v) is 9.60. The average Bonchev–Trinajstić information content (AvgIpc) is 2.80. The van der Waals surface area contributed by atoms with Crippen molar-refractivity contribution in [2.45, 2.75) is 31.7 Å². The molecule has 0 aromatic carbocycles. The lowest BCUT2D eigenvalue weighted by Crippen LogP contribution is -2.49. The van der Waals surface area contributed by atoms with Crippen LogP contribution >= 0.6 is 0 Å². The van der Waals surface area contributed by atoms with E-state index in [9.17, 15) is 9.90 Å². The molecule has 0 unspecified atom stereocenters. The number of morpholine rings is 1. The molecule has 16 heavy (non-hydrogen) atoms. The van der Waals surface area contributed by atoms with Crippen LogP contribution in [0, 0.1) is 0 Å². The normalized spacial score (nSPS) is 23.5. The van der Waals surface area contributed by atoms with E-state index < -0.39 is 6.09 Å². The standard InChI is InChI=1S/C11H20N2O3/c14-11(15)13(10-3-1-2-4-10)9-12-5-7-16-8-6-12/h10H,1-9H2,(H,14,15). The summed E-state index contributed by atoms with van der Waals surface area (Å²) in [6.07, 6.45) is 3.60. The third-order valence-electron chi connectivity index (χ3n) is 3.47. The maximum atomic E-state index is 11.2. The van der Waals surface area contributed by atoms with Crippen molar-refractivity contribution in [1.82, 2.24) is 9.80 Å². The lowest BCUT2D eigenvalue weighted by molar-refractivity contribution is 0.00408. The average molecular weight is 228 g/mol.